The van der Waals surface area contributed by atoms with Crippen LogP contribution in [0, 0.1) is 11.8 Å². The van der Waals surface area contributed by atoms with Crippen molar-refractivity contribution in [2.24, 2.45) is 11.8 Å². The van der Waals surface area contributed by atoms with Gasteiger partial charge in [-0.15, -0.1) is 0 Å². The van der Waals surface area contributed by atoms with Gasteiger partial charge in [0.05, 0.1) is 23.3 Å². The molecule has 1 saturated carbocycles. The van der Waals surface area contributed by atoms with Crippen molar-refractivity contribution in [2.45, 2.75) is 84.6 Å². The smallest absolute Gasteiger partial charge is 0.306 e. The number of hydrogen-bond acceptors (Lipinski definition) is 5. The lowest BCUT2D eigenvalue weighted by Crippen LogP contribution is -2.62. The van der Waals surface area contributed by atoms with Crippen LogP contribution in [0.2, 0.25) is 0 Å². The number of carboxylic acids is 1. The summed E-state index contributed by atoms with van der Waals surface area (Å²) in [7, 11) is 0. The molecule has 0 bridgehead atoms. The van der Waals surface area contributed by atoms with Crippen molar-refractivity contribution in [1.29, 1.82) is 0 Å². The molecule has 9 heteroatoms. The second-order valence-corrected chi connectivity index (χ2v) is 11.6. The molecule has 2 aromatic rings. The summed E-state index contributed by atoms with van der Waals surface area (Å²) < 4.78 is 1.73. The van der Waals surface area contributed by atoms with E-state index < -0.39 is 11.5 Å². The van der Waals surface area contributed by atoms with Gasteiger partial charge in [-0.2, -0.15) is 5.10 Å². The summed E-state index contributed by atoms with van der Waals surface area (Å²) in [5, 5.41) is 13.9. The van der Waals surface area contributed by atoms with Gasteiger partial charge in [0.2, 0.25) is 5.91 Å². The Morgan fingerprint density at radius 2 is 1.64 bits per heavy atom. The maximum Gasteiger partial charge on any atom is 0.306 e. The molecule has 3 heterocycles. The van der Waals surface area contributed by atoms with Crippen LogP contribution in [-0.4, -0.2) is 72.5 Å². The lowest BCUT2D eigenvalue weighted by Gasteiger charge is -2.47. The van der Waals surface area contributed by atoms with E-state index in [0.29, 0.717) is 56.7 Å². The van der Waals surface area contributed by atoms with Crippen LogP contribution in [0.25, 0.3) is 5.65 Å². The van der Waals surface area contributed by atoms with E-state index in [1.807, 2.05) is 23.6 Å². The maximum absolute atomic E-state index is 13.6. The fourth-order valence-electron chi connectivity index (χ4n) is 5.53. The Bertz CT molecular complexity index is 1160. The van der Waals surface area contributed by atoms with Crippen molar-refractivity contribution in [3.05, 3.63) is 29.2 Å². The third-order valence-electron chi connectivity index (χ3n) is 7.79. The quantitative estimate of drug-likeness (QED) is 0.671. The van der Waals surface area contributed by atoms with Crippen molar-refractivity contribution < 1.29 is 19.5 Å². The predicted molar refractivity (Wildman–Crippen MR) is 136 cm³/mol. The average Bonchev–Trinajstić information content (AvgIpc) is 3.26. The molecule has 1 N–H and O–H groups in total. The summed E-state index contributed by atoms with van der Waals surface area (Å²) in [6.45, 7) is 13.7. The van der Waals surface area contributed by atoms with Crippen molar-refractivity contribution in [1.82, 2.24) is 24.4 Å². The molecule has 0 spiro atoms. The van der Waals surface area contributed by atoms with E-state index in [9.17, 15) is 19.5 Å². The van der Waals surface area contributed by atoms with Crippen LogP contribution in [0.3, 0.4) is 0 Å². The molecular formula is C27H39N5O4. The largest absolute Gasteiger partial charge is 0.481 e. The zero-order valence-electron chi connectivity index (χ0n) is 22.3. The molecule has 2 aliphatic rings. The normalized spacial score (nSPS) is 22.4. The number of fused-ring (bicyclic) bond motifs is 1. The number of nitrogens with zero attached hydrogens (tertiary/aromatic N) is 5. The maximum atomic E-state index is 13.6. The third-order valence-corrected chi connectivity index (χ3v) is 7.79. The molecule has 2 fully saturated rings. The highest BCUT2D eigenvalue weighted by atomic mass is 16.4. The van der Waals surface area contributed by atoms with Crippen LogP contribution in [0.5, 0.6) is 0 Å². The fourth-order valence-corrected chi connectivity index (χ4v) is 5.53. The first-order valence-corrected chi connectivity index (χ1v) is 13.1. The summed E-state index contributed by atoms with van der Waals surface area (Å²) in [6.07, 6.45) is 4.04. The number of carbonyl (C=O) groups is 3. The highest BCUT2D eigenvalue weighted by Crippen LogP contribution is 2.32. The molecule has 0 aromatic carbocycles. The Morgan fingerprint density at radius 3 is 2.19 bits per heavy atom. The van der Waals surface area contributed by atoms with Gasteiger partial charge in [0.15, 0.2) is 5.65 Å². The number of carboxylic acid groups (broad SMARTS) is 1. The molecule has 1 saturated heterocycles. The van der Waals surface area contributed by atoms with Crippen LogP contribution in [0.4, 0.5) is 0 Å². The minimum Gasteiger partial charge on any atom is -0.481 e. The predicted octanol–water partition coefficient (Wildman–Crippen LogP) is 3.93. The molecule has 1 aliphatic carbocycles. The SMILES string of the molecule is CC(C)c1cc(C(C)C)c2nc(C(=O)N3CCN(C(=O)C4CCC(C(=O)O)CC4)CC3(C)C)cn2n1. The van der Waals surface area contributed by atoms with E-state index in [1.165, 1.54) is 0 Å². The average molecular weight is 498 g/mol. The fraction of sp³-hybridized carbons (Fsp3) is 0.667. The minimum atomic E-state index is -0.766. The monoisotopic (exact) mass is 497 g/mol. The standard InChI is InChI=1S/C27H39N5O4/c1-16(2)20-13-21(17(3)4)29-32-14-22(28-23(20)32)25(34)31-12-11-30(15-27(31,5)6)24(33)18-7-9-19(10-8-18)26(35)36/h13-14,16-19H,7-12,15H2,1-6H3,(H,35,36). The van der Waals surface area contributed by atoms with Crippen LogP contribution in [0.15, 0.2) is 12.3 Å². The summed E-state index contributed by atoms with van der Waals surface area (Å²) >= 11 is 0. The molecule has 2 aromatic heterocycles. The van der Waals surface area contributed by atoms with Gasteiger partial charge in [0.25, 0.3) is 5.91 Å². The second kappa shape index (κ2) is 9.82. The first-order valence-electron chi connectivity index (χ1n) is 13.1. The molecule has 9 nitrogen and oxygen atoms in total. The molecule has 0 atom stereocenters. The number of carbonyl (C=O) groups excluding carboxylic acids is 2. The van der Waals surface area contributed by atoms with Crippen molar-refractivity contribution >= 4 is 23.4 Å². The third kappa shape index (κ3) is 4.97. The van der Waals surface area contributed by atoms with Crippen LogP contribution >= 0.6 is 0 Å². The Kier molecular flexibility index (Phi) is 7.12. The first kappa shape index (κ1) is 26.1. The molecule has 196 valence electrons. The summed E-state index contributed by atoms with van der Waals surface area (Å²) in [5.74, 6) is -0.802. The number of rotatable bonds is 5. The zero-order chi connectivity index (χ0) is 26.4. The Hall–Kier alpha value is -2.97. The Labute approximate surface area is 212 Å². The van der Waals surface area contributed by atoms with Gasteiger partial charge in [-0.25, -0.2) is 9.50 Å². The van der Waals surface area contributed by atoms with Crippen LogP contribution in [-0.2, 0) is 9.59 Å². The summed E-state index contributed by atoms with van der Waals surface area (Å²) in [6, 6.07) is 2.09. The highest BCUT2D eigenvalue weighted by Gasteiger charge is 2.41. The van der Waals surface area contributed by atoms with E-state index in [1.54, 1.807) is 10.7 Å². The van der Waals surface area contributed by atoms with Crippen molar-refractivity contribution in [3.63, 3.8) is 0 Å². The Morgan fingerprint density at radius 1 is 1.00 bits per heavy atom. The number of amides is 2. The van der Waals surface area contributed by atoms with Gasteiger partial charge >= 0.3 is 5.97 Å². The van der Waals surface area contributed by atoms with E-state index >= 15 is 0 Å². The van der Waals surface area contributed by atoms with E-state index in [-0.39, 0.29) is 35.5 Å². The van der Waals surface area contributed by atoms with Crippen LogP contribution in [0.1, 0.15) is 101 Å². The molecular weight excluding hydrogens is 458 g/mol. The topological polar surface area (TPSA) is 108 Å². The van der Waals surface area contributed by atoms with E-state index in [4.69, 9.17) is 10.1 Å². The second-order valence-electron chi connectivity index (χ2n) is 11.6. The summed E-state index contributed by atoms with van der Waals surface area (Å²) in [5.41, 5.74) is 2.55. The van der Waals surface area contributed by atoms with Gasteiger partial charge in [0, 0.05) is 31.1 Å². The van der Waals surface area contributed by atoms with Gasteiger partial charge in [-0.3, -0.25) is 14.4 Å². The minimum absolute atomic E-state index is 0.0822. The van der Waals surface area contributed by atoms with Crippen molar-refractivity contribution in [3.8, 4) is 0 Å². The van der Waals surface area contributed by atoms with E-state index in [2.05, 4.69) is 33.8 Å². The first-order chi connectivity index (χ1) is 16.9. The summed E-state index contributed by atoms with van der Waals surface area (Å²) in [4.78, 5) is 46.5. The van der Waals surface area contributed by atoms with Crippen molar-refractivity contribution in [2.75, 3.05) is 19.6 Å². The van der Waals surface area contributed by atoms with Gasteiger partial charge < -0.3 is 14.9 Å². The molecule has 4 rings (SSSR count). The van der Waals surface area contributed by atoms with E-state index in [0.717, 1.165) is 11.3 Å². The lowest BCUT2D eigenvalue weighted by molar-refractivity contribution is -0.147. The zero-order valence-corrected chi connectivity index (χ0v) is 22.3. The number of piperazine rings is 1. The lowest BCUT2D eigenvalue weighted by atomic mass is 9.81. The number of aliphatic carboxylic acids is 1. The number of hydrogen-bond donors (Lipinski definition) is 1. The molecule has 1 aliphatic heterocycles. The molecule has 0 unspecified atom stereocenters. The van der Waals surface area contributed by atoms with Gasteiger partial charge in [-0.05, 0) is 57.4 Å². The highest BCUT2D eigenvalue weighted by molar-refractivity contribution is 5.94. The molecule has 0 radical (unpaired) electrons. The van der Waals surface area contributed by atoms with Crippen LogP contribution < -0.4 is 0 Å². The molecule has 36 heavy (non-hydrogen) atoms. The van der Waals surface area contributed by atoms with Gasteiger partial charge in [-0.1, -0.05) is 27.7 Å². The van der Waals surface area contributed by atoms with Gasteiger partial charge in [0.1, 0.15) is 5.69 Å². The number of imidazole rings is 1. The molecule has 2 amide bonds. The Balaban J connectivity index is 1.50. The number of aromatic nitrogens is 3.